The third kappa shape index (κ3) is 1.76. The molecule has 0 amide bonds. The molecule has 2 aliphatic rings. The zero-order valence-corrected chi connectivity index (χ0v) is 11.4. The Bertz CT molecular complexity index is 489. The Kier molecular flexibility index (Phi) is 2.83. The molecule has 0 aliphatic heterocycles. The highest BCUT2D eigenvalue weighted by molar-refractivity contribution is 5.76. The van der Waals surface area contributed by atoms with Crippen molar-refractivity contribution in [2.45, 2.75) is 57.4 Å². The maximum absolute atomic E-state index is 11.5. The summed E-state index contributed by atoms with van der Waals surface area (Å²) in [5.41, 5.74) is -1.04. The minimum Gasteiger partial charge on any atom is -0.479 e. The summed E-state index contributed by atoms with van der Waals surface area (Å²) in [6.07, 6.45) is 5.51. The van der Waals surface area contributed by atoms with Crippen LogP contribution in [0.3, 0.4) is 0 Å². The van der Waals surface area contributed by atoms with Gasteiger partial charge in [-0.1, -0.05) is 19.8 Å². The van der Waals surface area contributed by atoms with E-state index in [9.17, 15) is 9.90 Å². The van der Waals surface area contributed by atoms with Crippen LogP contribution in [0.15, 0.2) is 0 Å². The smallest absolute Gasteiger partial charge is 0.331 e. The van der Waals surface area contributed by atoms with E-state index in [1.807, 2.05) is 6.92 Å². The predicted molar refractivity (Wildman–Crippen MR) is 67.6 cm³/mol. The number of carbonyl (C=O) groups is 1. The van der Waals surface area contributed by atoms with Gasteiger partial charge in [-0.15, -0.1) is 5.10 Å². The minimum atomic E-state index is -1.04. The number of nitrogens with zero attached hydrogens (tertiary/aromatic N) is 4. The number of carboxylic acids is 1. The molecule has 0 saturated heterocycles. The summed E-state index contributed by atoms with van der Waals surface area (Å²) in [7, 11) is 0. The van der Waals surface area contributed by atoms with Crippen LogP contribution >= 0.6 is 0 Å². The molecule has 2 aliphatic carbocycles. The zero-order chi connectivity index (χ0) is 13.6. The Morgan fingerprint density at radius 1 is 1.42 bits per heavy atom. The average molecular weight is 264 g/mol. The van der Waals surface area contributed by atoms with Crippen LogP contribution in [-0.2, 0) is 10.3 Å². The molecule has 2 saturated carbocycles. The summed E-state index contributed by atoms with van der Waals surface area (Å²) < 4.78 is 1.55. The van der Waals surface area contributed by atoms with E-state index in [1.54, 1.807) is 11.6 Å². The maximum atomic E-state index is 11.5. The van der Waals surface area contributed by atoms with Crippen LogP contribution in [0.5, 0.6) is 0 Å². The normalized spacial score (nSPS) is 32.4. The highest BCUT2D eigenvalue weighted by atomic mass is 16.4. The van der Waals surface area contributed by atoms with Crippen LogP contribution in [0.25, 0.3) is 0 Å². The number of tetrazole rings is 1. The topological polar surface area (TPSA) is 80.9 Å². The van der Waals surface area contributed by atoms with Gasteiger partial charge in [0.15, 0.2) is 11.4 Å². The monoisotopic (exact) mass is 264 g/mol. The summed E-state index contributed by atoms with van der Waals surface area (Å²) in [6, 6.07) is 0. The fourth-order valence-electron chi connectivity index (χ4n) is 3.52. The second-order valence-electron chi connectivity index (χ2n) is 6.02. The molecule has 3 unspecified atom stereocenters. The SMILES string of the molecule is CCC(C)(C(=O)O)n1nnnc1C1C2CCCCC21. The molecule has 2 fully saturated rings. The first-order chi connectivity index (χ1) is 9.09. The van der Waals surface area contributed by atoms with E-state index in [4.69, 9.17) is 0 Å². The molecular formula is C13H20N4O2. The number of aromatic nitrogens is 4. The first kappa shape index (κ1) is 12.6. The van der Waals surface area contributed by atoms with Crippen LogP contribution in [0.2, 0.25) is 0 Å². The lowest BCUT2D eigenvalue weighted by Gasteiger charge is -2.24. The van der Waals surface area contributed by atoms with E-state index >= 15 is 0 Å². The van der Waals surface area contributed by atoms with Gasteiger partial charge in [0.25, 0.3) is 0 Å². The highest BCUT2D eigenvalue weighted by Gasteiger charge is 2.55. The largest absolute Gasteiger partial charge is 0.479 e. The lowest BCUT2D eigenvalue weighted by molar-refractivity contribution is -0.147. The molecule has 3 atom stereocenters. The second kappa shape index (κ2) is 4.28. The predicted octanol–water partition coefficient (Wildman–Crippen LogP) is 1.79. The van der Waals surface area contributed by atoms with E-state index in [0.29, 0.717) is 24.2 Å². The first-order valence-corrected chi connectivity index (χ1v) is 7.11. The van der Waals surface area contributed by atoms with E-state index in [0.717, 1.165) is 5.82 Å². The van der Waals surface area contributed by atoms with E-state index in [1.165, 1.54) is 25.7 Å². The number of rotatable bonds is 4. The van der Waals surface area contributed by atoms with Gasteiger partial charge in [0.05, 0.1) is 0 Å². The van der Waals surface area contributed by atoms with Gasteiger partial charge < -0.3 is 5.11 Å². The number of carboxylic acid groups (broad SMARTS) is 1. The summed E-state index contributed by atoms with van der Waals surface area (Å²) in [5.74, 6) is 1.64. The Balaban J connectivity index is 1.93. The van der Waals surface area contributed by atoms with Crippen LogP contribution < -0.4 is 0 Å². The molecule has 1 aromatic heterocycles. The van der Waals surface area contributed by atoms with E-state index in [2.05, 4.69) is 15.5 Å². The van der Waals surface area contributed by atoms with Crippen molar-refractivity contribution in [1.82, 2.24) is 20.2 Å². The van der Waals surface area contributed by atoms with Crippen LogP contribution in [0.1, 0.15) is 57.7 Å². The number of hydrogen-bond acceptors (Lipinski definition) is 4. The molecule has 0 radical (unpaired) electrons. The molecule has 0 bridgehead atoms. The van der Waals surface area contributed by atoms with Gasteiger partial charge in [-0.05, 0) is 48.4 Å². The van der Waals surface area contributed by atoms with Crippen molar-refractivity contribution in [1.29, 1.82) is 0 Å². The van der Waals surface area contributed by atoms with Crippen LogP contribution in [0.4, 0.5) is 0 Å². The van der Waals surface area contributed by atoms with Crippen molar-refractivity contribution in [2.75, 3.05) is 0 Å². The Morgan fingerprint density at radius 2 is 2.05 bits per heavy atom. The summed E-state index contributed by atoms with van der Waals surface area (Å²) in [5, 5.41) is 21.3. The minimum absolute atomic E-state index is 0.378. The Labute approximate surface area is 112 Å². The molecule has 1 aromatic rings. The van der Waals surface area contributed by atoms with Gasteiger partial charge in [0, 0.05) is 5.92 Å². The van der Waals surface area contributed by atoms with Gasteiger partial charge >= 0.3 is 5.97 Å². The number of aliphatic carboxylic acids is 1. The Morgan fingerprint density at radius 3 is 2.58 bits per heavy atom. The molecule has 1 heterocycles. The van der Waals surface area contributed by atoms with Gasteiger partial charge in [-0.25, -0.2) is 9.48 Å². The molecule has 0 spiro atoms. The average Bonchev–Trinajstić information content (AvgIpc) is 2.94. The van der Waals surface area contributed by atoms with Crippen molar-refractivity contribution < 1.29 is 9.90 Å². The lowest BCUT2D eigenvalue weighted by Crippen LogP contribution is -2.40. The molecular weight excluding hydrogens is 244 g/mol. The van der Waals surface area contributed by atoms with Crippen molar-refractivity contribution >= 4 is 5.97 Å². The van der Waals surface area contributed by atoms with Gasteiger partial charge in [-0.3, -0.25) is 0 Å². The van der Waals surface area contributed by atoms with Crippen LogP contribution in [-0.4, -0.2) is 31.3 Å². The summed E-state index contributed by atoms with van der Waals surface area (Å²) in [4.78, 5) is 11.5. The molecule has 19 heavy (non-hydrogen) atoms. The fraction of sp³-hybridized carbons (Fsp3) is 0.846. The number of hydrogen-bond donors (Lipinski definition) is 1. The molecule has 3 rings (SSSR count). The van der Waals surface area contributed by atoms with Gasteiger partial charge in [0.1, 0.15) is 0 Å². The van der Waals surface area contributed by atoms with Crippen molar-refractivity contribution in [3.63, 3.8) is 0 Å². The van der Waals surface area contributed by atoms with Crippen LogP contribution in [0, 0.1) is 11.8 Å². The third-order valence-electron chi connectivity index (χ3n) is 5.06. The van der Waals surface area contributed by atoms with Gasteiger partial charge in [-0.2, -0.15) is 0 Å². The standard InChI is InChI=1S/C13H20N4O2/c1-3-13(2,12(18)19)17-11(14-15-16-17)10-8-6-4-5-7-9(8)10/h8-10H,3-7H2,1-2H3,(H,18,19). The first-order valence-electron chi connectivity index (χ1n) is 7.11. The lowest BCUT2D eigenvalue weighted by atomic mass is 9.99. The fourth-order valence-corrected chi connectivity index (χ4v) is 3.52. The third-order valence-corrected chi connectivity index (χ3v) is 5.06. The van der Waals surface area contributed by atoms with Crippen molar-refractivity contribution in [3.05, 3.63) is 5.82 Å². The van der Waals surface area contributed by atoms with Crippen molar-refractivity contribution in [2.24, 2.45) is 11.8 Å². The Hall–Kier alpha value is -1.46. The maximum Gasteiger partial charge on any atom is 0.331 e. The van der Waals surface area contributed by atoms with E-state index < -0.39 is 11.5 Å². The van der Waals surface area contributed by atoms with Gasteiger partial charge in [0.2, 0.25) is 0 Å². The van der Waals surface area contributed by atoms with Crippen molar-refractivity contribution in [3.8, 4) is 0 Å². The zero-order valence-electron chi connectivity index (χ0n) is 11.4. The second-order valence-corrected chi connectivity index (χ2v) is 6.02. The molecule has 104 valence electrons. The highest BCUT2D eigenvalue weighted by Crippen LogP contribution is 2.60. The molecule has 0 aromatic carbocycles. The number of fused-ring (bicyclic) bond motifs is 1. The molecule has 1 N–H and O–H groups in total. The summed E-state index contributed by atoms with van der Waals surface area (Å²) in [6.45, 7) is 3.56. The van der Waals surface area contributed by atoms with E-state index in [-0.39, 0.29) is 0 Å². The molecule has 6 nitrogen and oxygen atoms in total. The quantitative estimate of drug-likeness (QED) is 0.896. The summed E-state index contributed by atoms with van der Waals surface area (Å²) >= 11 is 0. The molecule has 6 heteroatoms.